The number of hydrogen-bond acceptors (Lipinski definition) is 3. The van der Waals surface area contributed by atoms with Crippen LogP contribution >= 0.6 is 0 Å². The quantitative estimate of drug-likeness (QED) is 0.688. The largest absolute Gasteiger partial charge is 0.383 e. The fourth-order valence-electron chi connectivity index (χ4n) is 2.43. The number of para-hydroxylation sites is 2. The summed E-state index contributed by atoms with van der Waals surface area (Å²) < 4.78 is 4.91. The van der Waals surface area contributed by atoms with Crippen molar-refractivity contribution in [3.8, 4) is 0 Å². The van der Waals surface area contributed by atoms with Crippen LogP contribution in [0.1, 0.15) is 21.7 Å². The van der Waals surface area contributed by atoms with Crippen LogP contribution in [-0.4, -0.2) is 36.1 Å². The summed E-state index contributed by atoms with van der Waals surface area (Å²) >= 11 is 0. The van der Waals surface area contributed by atoms with Crippen molar-refractivity contribution in [2.45, 2.75) is 6.42 Å². The van der Waals surface area contributed by atoms with E-state index in [4.69, 9.17) is 4.74 Å². The molecule has 0 spiro atoms. The maximum Gasteiger partial charge on any atom is 0.251 e. The average Bonchev–Trinajstić information content (AvgIpc) is 2.98. The molecule has 118 valence electrons. The summed E-state index contributed by atoms with van der Waals surface area (Å²) in [5.41, 5.74) is 3.76. The number of nitrogens with one attached hydrogen (secondary N) is 2. The van der Waals surface area contributed by atoms with Gasteiger partial charge in [-0.2, -0.15) is 0 Å². The van der Waals surface area contributed by atoms with E-state index in [1.54, 1.807) is 7.11 Å². The summed E-state index contributed by atoms with van der Waals surface area (Å²) in [6.07, 6.45) is 0.709. The highest BCUT2D eigenvalue weighted by molar-refractivity contribution is 5.94. The number of rotatable bonds is 6. The van der Waals surface area contributed by atoms with Crippen LogP contribution in [0.25, 0.3) is 11.0 Å². The van der Waals surface area contributed by atoms with Gasteiger partial charge in [0.15, 0.2) is 0 Å². The molecule has 2 aromatic carbocycles. The van der Waals surface area contributed by atoms with Crippen LogP contribution in [0.5, 0.6) is 0 Å². The van der Waals surface area contributed by atoms with Crippen molar-refractivity contribution in [1.29, 1.82) is 0 Å². The van der Waals surface area contributed by atoms with Crippen LogP contribution in [-0.2, 0) is 11.2 Å². The molecule has 1 aromatic heterocycles. The zero-order chi connectivity index (χ0) is 16.1. The van der Waals surface area contributed by atoms with E-state index in [0.717, 1.165) is 22.4 Å². The predicted octanol–water partition coefficient (Wildman–Crippen LogP) is 2.53. The SMILES string of the molecule is COCCNC(=O)c1ccc(Cc2nc3ccccc3[nH]2)cc1. The van der Waals surface area contributed by atoms with Gasteiger partial charge >= 0.3 is 0 Å². The van der Waals surface area contributed by atoms with Crippen LogP contribution < -0.4 is 5.32 Å². The number of hydrogen-bond donors (Lipinski definition) is 2. The van der Waals surface area contributed by atoms with E-state index in [1.165, 1.54) is 0 Å². The number of aromatic amines is 1. The number of nitrogens with zero attached hydrogens (tertiary/aromatic N) is 1. The monoisotopic (exact) mass is 309 g/mol. The molecule has 5 heteroatoms. The number of ether oxygens (including phenoxy) is 1. The second-order valence-electron chi connectivity index (χ2n) is 5.32. The van der Waals surface area contributed by atoms with Crippen LogP contribution in [0.2, 0.25) is 0 Å². The summed E-state index contributed by atoms with van der Waals surface area (Å²) in [6.45, 7) is 1.02. The van der Waals surface area contributed by atoms with E-state index in [9.17, 15) is 4.79 Å². The first kappa shape index (κ1) is 15.2. The minimum Gasteiger partial charge on any atom is -0.383 e. The van der Waals surface area contributed by atoms with Gasteiger partial charge in [-0.15, -0.1) is 0 Å². The number of carbonyl (C=O) groups is 1. The van der Waals surface area contributed by atoms with Crippen LogP contribution in [0.4, 0.5) is 0 Å². The number of fused-ring (bicyclic) bond motifs is 1. The lowest BCUT2D eigenvalue weighted by Crippen LogP contribution is -2.26. The normalized spacial score (nSPS) is 10.8. The highest BCUT2D eigenvalue weighted by atomic mass is 16.5. The molecule has 1 heterocycles. The van der Waals surface area contributed by atoms with E-state index in [0.29, 0.717) is 25.1 Å². The van der Waals surface area contributed by atoms with E-state index in [1.807, 2.05) is 48.5 Å². The minimum absolute atomic E-state index is 0.0858. The van der Waals surface area contributed by atoms with Crippen molar-refractivity contribution in [2.24, 2.45) is 0 Å². The number of methoxy groups -OCH3 is 1. The first-order chi connectivity index (χ1) is 11.3. The highest BCUT2D eigenvalue weighted by Gasteiger charge is 2.06. The molecule has 0 aliphatic heterocycles. The predicted molar refractivity (Wildman–Crippen MR) is 89.6 cm³/mol. The molecule has 0 fully saturated rings. The van der Waals surface area contributed by atoms with Crippen molar-refractivity contribution in [2.75, 3.05) is 20.3 Å². The molecule has 0 unspecified atom stereocenters. The number of aromatic nitrogens is 2. The van der Waals surface area contributed by atoms with Gasteiger partial charge in [0, 0.05) is 25.6 Å². The average molecular weight is 309 g/mol. The Kier molecular flexibility index (Phi) is 4.68. The number of imidazole rings is 1. The van der Waals surface area contributed by atoms with Crippen LogP contribution in [0.3, 0.4) is 0 Å². The maximum absolute atomic E-state index is 11.9. The molecular weight excluding hydrogens is 290 g/mol. The summed E-state index contributed by atoms with van der Waals surface area (Å²) in [6, 6.07) is 15.5. The number of amides is 1. The van der Waals surface area contributed by atoms with E-state index < -0.39 is 0 Å². The molecule has 0 aliphatic rings. The Hall–Kier alpha value is -2.66. The van der Waals surface area contributed by atoms with Gasteiger partial charge in [-0.05, 0) is 29.8 Å². The Bertz CT molecular complexity index is 760. The van der Waals surface area contributed by atoms with Crippen molar-refractivity contribution < 1.29 is 9.53 Å². The van der Waals surface area contributed by atoms with Crippen molar-refractivity contribution in [3.63, 3.8) is 0 Å². The fraction of sp³-hybridized carbons (Fsp3) is 0.222. The summed E-state index contributed by atoms with van der Waals surface area (Å²) in [5.74, 6) is 0.834. The molecule has 2 N–H and O–H groups in total. The molecule has 0 radical (unpaired) electrons. The maximum atomic E-state index is 11.9. The second kappa shape index (κ2) is 7.07. The lowest BCUT2D eigenvalue weighted by Gasteiger charge is -2.05. The van der Waals surface area contributed by atoms with Crippen molar-refractivity contribution in [3.05, 3.63) is 65.5 Å². The van der Waals surface area contributed by atoms with Gasteiger partial charge < -0.3 is 15.0 Å². The van der Waals surface area contributed by atoms with Gasteiger partial charge in [-0.1, -0.05) is 24.3 Å². The molecule has 1 amide bonds. The third-order valence-corrected chi connectivity index (χ3v) is 3.62. The highest BCUT2D eigenvalue weighted by Crippen LogP contribution is 2.14. The lowest BCUT2D eigenvalue weighted by molar-refractivity contribution is 0.0937. The van der Waals surface area contributed by atoms with Crippen molar-refractivity contribution >= 4 is 16.9 Å². The second-order valence-corrected chi connectivity index (χ2v) is 5.32. The Morgan fingerprint density at radius 1 is 1.17 bits per heavy atom. The number of H-pyrrole nitrogens is 1. The first-order valence-electron chi connectivity index (χ1n) is 7.56. The first-order valence-corrected chi connectivity index (χ1v) is 7.56. The van der Waals surface area contributed by atoms with Crippen molar-refractivity contribution in [1.82, 2.24) is 15.3 Å². The summed E-state index contributed by atoms with van der Waals surface area (Å²) in [7, 11) is 1.61. The standard InChI is InChI=1S/C18H19N3O2/c1-23-11-10-19-18(22)14-8-6-13(7-9-14)12-17-20-15-4-2-3-5-16(15)21-17/h2-9H,10-12H2,1H3,(H,19,22)(H,20,21). The summed E-state index contributed by atoms with van der Waals surface area (Å²) in [5, 5.41) is 2.80. The van der Waals surface area contributed by atoms with Crippen LogP contribution in [0.15, 0.2) is 48.5 Å². The zero-order valence-electron chi connectivity index (χ0n) is 13.0. The molecule has 0 atom stereocenters. The Labute approximate surface area is 134 Å². The fourth-order valence-corrected chi connectivity index (χ4v) is 2.43. The minimum atomic E-state index is -0.0858. The number of benzene rings is 2. The van der Waals surface area contributed by atoms with Gasteiger partial charge in [0.25, 0.3) is 5.91 Å². The zero-order valence-corrected chi connectivity index (χ0v) is 13.0. The Morgan fingerprint density at radius 3 is 2.70 bits per heavy atom. The lowest BCUT2D eigenvalue weighted by atomic mass is 10.1. The van der Waals surface area contributed by atoms with E-state index in [-0.39, 0.29) is 5.91 Å². The molecule has 0 aliphatic carbocycles. The van der Waals surface area contributed by atoms with Gasteiger partial charge in [0.05, 0.1) is 17.6 Å². The van der Waals surface area contributed by atoms with Gasteiger partial charge in [-0.25, -0.2) is 4.98 Å². The molecule has 0 saturated heterocycles. The molecular formula is C18H19N3O2. The van der Waals surface area contributed by atoms with Gasteiger partial charge in [0.2, 0.25) is 0 Å². The molecule has 3 rings (SSSR count). The van der Waals surface area contributed by atoms with E-state index in [2.05, 4.69) is 15.3 Å². The molecule has 23 heavy (non-hydrogen) atoms. The van der Waals surface area contributed by atoms with Gasteiger partial charge in [-0.3, -0.25) is 4.79 Å². The molecule has 0 saturated carbocycles. The third-order valence-electron chi connectivity index (χ3n) is 3.62. The Morgan fingerprint density at radius 2 is 1.96 bits per heavy atom. The topological polar surface area (TPSA) is 67.0 Å². The van der Waals surface area contributed by atoms with E-state index >= 15 is 0 Å². The molecule has 5 nitrogen and oxygen atoms in total. The van der Waals surface area contributed by atoms with Crippen LogP contribution in [0, 0.1) is 0 Å². The molecule has 3 aromatic rings. The van der Waals surface area contributed by atoms with Gasteiger partial charge in [0.1, 0.15) is 5.82 Å². The molecule has 0 bridgehead atoms. The smallest absolute Gasteiger partial charge is 0.251 e. The Balaban J connectivity index is 1.66. The summed E-state index contributed by atoms with van der Waals surface area (Å²) in [4.78, 5) is 19.8. The number of carbonyl (C=O) groups excluding carboxylic acids is 1. The third kappa shape index (κ3) is 3.76.